The van der Waals surface area contributed by atoms with Gasteiger partial charge in [-0.15, -0.1) is 0 Å². The summed E-state index contributed by atoms with van der Waals surface area (Å²) >= 11 is 0. The van der Waals surface area contributed by atoms with Crippen LogP contribution in [0, 0.1) is 0 Å². The average Bonchev–Trinajstić information content (AvgIpc) is 2.58. The van der Waals surface area contributed by atoms with Crippen LogP contribution in [-0.2, 0) is 11.5 Å². The monoisotopic (exact) mass is 210 g/mol. The van der Waals surface area contributed by atoms with E-state index in [9.17, 15) is 9.59 Å². The highest BCUT2D eigenvalue weighted by molar-refractivity contribution is 5.68. The van der Waals surface area contributed by atoms with Crippen LogP contribution in [0.25, 0.3) is 11.2 Å². The van der Waals surface area contributed by atoms with Crippen LogP contribution in [-0.4, -0.2) is 26.1 Å². The van der Waals surface area contributed by atoms with Crippen LogP contribution in [0.4, 0.5) is 0 Å². The Labute approximate surface area is 83.7 Å². The molecule has 0 aliphatic heterocycles. The van der Waals surface area contributed by atoms with Gasteiger partial charge in [-0.2, -0.15) is 0 Å². The molecule has 0 saturated carbocycles. The fraction of sp³-hybridized carbons (Fsp3) is 0.375. The van der Waals surface area contributed by atoms with Crippen LogP contribution in [0.3, 0.4) is 0 Å². The van der Waals surface area contributed by atoms with E-state index in [0.29, 0.717) is 12.1 Å². The van der Waals surface area contributed by atoms with E-state index in [-0.39, 0.29) is 12.4 Å². The molecule has 0 amide bonds. The van der Waals surface area contributed by atoms with E-state index in [1.807, 2.05) is 6.92 Å². The summed E-state index contributed by atoms with van der Waals surface area (Å²) in [5.74, 6) is 0. The van der Waals surface area contributed by atoms with E-state index in [1.165, 1.54) is 10.9 Å². The van der Waals surface area contributed by atoms with E-state index in [0.717, 1.165) is 0 Å². The Morgan fingerprint density at radius 1 is 1.47 bits per heavy atom. The lowest BCUT2D eigenvalue weighted by Crippen LogP contribution is -2.23. The van der Waals surface area contributed by atoms with E-state index < -0.39 is 11.2 Å². The first kappa shape index (κ1) is 9.66. The van der Waals surface area contributed by atoms with E-state index in [1.54, 1.807) is 0 Å². The first-order valence-electron chi connectivity index (χ1n) is 4.47. The second-order valence-corrected chi connectivity index (χ2v) is 2.94. The van der Waals surface area contributed by atoms with Crippen LogP contribution in [0.15, 0.2) is 15.9 Å². The number of ether oxygens (including phenoxy) is 1. The lowest BCUT2D eigenvalue weighted by Gasteiger charge is -2.01. The average molecular weight is 210 g/mol. The summed E-state index contributed by atoms with van der Waals surface area (Å²) in [5.41, 5.74) is -0.452. The molecule has 7 nitrogen and oxygen atoms in total. The zero-order valence-electron chi connectivity index (χ0n) is 8.11. The second-order valence-electron chi connectivity index (χ2n) is 2.94. The van der Waals surface area contributed by atoms with Crippen molar-refractivity contribution in [3.05, 3.63) is 27.2 Å². The lowest BCUT2D eigenvalue weighted by atomic mass is 10.5. The zero-order valence-corrected chi connectivity index (χ0v) is 8.11. The van der Waals surface area contributed by atoms with Crippen LogP contribution in [0.1, 0.15) is 6.92 Å². The Balaban J connectivity index is 2.59. The first-order chi connectivity index (χ1) is 7.22. The third kappa shape index (κ3) is 1.68. The molecule has 0 aromatic carbocycles. The molecule has 7 heteroatoms. The van der Waals surface area contributed by atoms with Crippen molar-refractivity contribution < 1.29 is 4.74 Å². The summed E-state index contributed by atoms with van der Waals surface area (Å²) in [6.07, 6.45) is 1.45. The fourth-order valence-corrected chi connectivity index (χ4v) is 1.30. The highest BCUT2D eigenvalue weighted by atomic mass is 16.5. The molecule has 80 valence electrons. The van der Waals surface area contributed by atoms with Crippen LogP contribution in [0.2, 0.25) is 0 Å². The largest absolute Gasteiger partial charge is 0.361 e. The smallest absolute Gasteiger partial charge is 0.327 e. The predicted octanol–water partition coefficient (Wildman–Crippen LogP) is -0.593. The Morgan fingerprint density at radius 2 is 2.27 bits per heavy atom. The molecular formula is C8H10N4O3. The van der Waals surface area contributed by atoms with Gasteiger partial charge in [0, 0.05) is 6.61 Å². The first-order valence-corrected chi connectivity index (χ1v) is 4.47. The van der Waals surface area contributed by atoms with Gasteiger partial charge in [0.05, 0.1) is 6.33 Å². The Bertz CT molecular complexity index is 579. The van der Waals surface area contributed by atoms with Gasteiger partial charge in [-0.25, -0.2) is 9.78 Å². The molecule has 2 N–H and O–H groups in total. The van der Waals surface area contributed by atoms with Gasteiger partial charge in [-0.1, -0.05) is 0 Å². The van der Waals surface area contributed by atoms with Crippen molar-refractivity contribution in [2.75, 3.05) is 6.61 Å². The van der Waals surface area contributed by atoms with Gasteiger partial charge in [-0.05, 0) is 6.92 Å². The van der Waals surface area contributed by atoms with Gasteiger partial charge < -0.3 is 9.30 Å². The van der Waals surface area contributed by atoms with Crippen molar-refractivity contribution in [3.8, 4) is 0 Å². The van der Waals surface area contributed by atoms with Crippen molar-refractivity contribution in [1.82, 2.24) is 19.5 Å². The summed E-state index contributed by atoms with van der Waals surface area (Å²) < 4.78 is 6.68. The van der Waals surface area contributed by atoms with Gasteiger partial charge in [0.2, 0.25) is 0 Å². The standard InChI is InChI=1S/C8H10N4O3/c1-2-15-4-12-3-9-6-5(12)7(13)11-8(14)10-6/h3H,2,4H2,1H3,(H2,10,11,13,14). The molecule has 0 aliphatic rings. The van der Waals surface area contributed by atoms with Crippen molar-refractivity contribution in [2.45, 2.75) is 13.7 Å². The molecule has 0 bridgehead atoms. The Morgan fingerprint density at radius 3 is 3.00 bits per heavy atom. The number of fused-ring (bicyclic) bond motifs is 1. The SMILES string of the molecule is CCOCn1cnc2[nH]c(=O)[nH]c(=O)c21. The number of rotatable bonds is 3. The van der Waals surface area contributed by atoms with E-state index >= 15 is 0 Å². The maximum atomic E-state index is 11.5. The molecule has 0 atom stereocenters. The number of hydrogen-bond donors (Lipinski definition) is 2. The fourth-order valence-electron chi connectivity index (χ4n) is 1.30. The molecule has 0 unspecified atom stereocenters. The lowest BCUT2D eigenvalue weighted by molar-refractivity contribution is 0.0903. The second kappa shape index (κ2) is 3.70. The van der Waals surface area contributed by atoms with Gasteiger partial charge in [-0.3, -0.25) is 14.8 Å². The van der Waals surface area contributed by atoms with Crippen LogP contribution >= 0.6 is 0 Å². The highest BCUT2D eigenvalue weighted by Gasteiger charge is 2.07. The summed E-state index contributed by atoms with van der Waals surface area (Å²) in [5, 5.41) is 0. The molecule has 0 aliphatic carbocycles. The summed E-state index contributed by atoms with van der Waals surface area (Å²) in [7, 11) is 0. The quantitative estimate of drug-likeness (QED) is 0.707. The molecule has 0 saturated heterocycles. The summed E-state index contributed by atoms with van der Waals surface area (Å²) in [4.78, 5) is 30.9. The molecule has 2 aromatic rings. The zero-order chi connectivity index (χ0) is 10.8. The van der Waals surface area contributed by atoms with Crippen molar-refractivity contribution >= 4 is 11.2 Å². The molecule has 0 radical (unpaired) electrons. The molecule has 0 fully saturated rings. The highest BCUT2D eigenvalue weighted by Crippen LogP contribution is 2.02. The third-order valence-corrected chi connectivity index (χ3v) is 1.95. The van der Waals surface area contributed by atoms with Gasteiger partial charge in [0.25, 0.3) is 5.56 Å². The number of nitrogens with one attached hydrogen (secondary N) is 2. The maximum absolute atomic E-state index is 11.5. The summed E-state index contributed by atoms with van der Waals surface area (Å²) in [6.45, 7) is 2.63. The molecule has 2 heterocycles. The molecular weight excluding hydrogens is 200 g/mol. The molecule has 2 rings (SSSR count). The minimum Gasteiger partial charge on any atom is -0.361 e. The van der Waals surface area contributed by atoms with Gasteiger partial charge in [0.15, 0.2) is 11.2 Å². The van der Waals surface area contributed by atoms with Gasteiger partial charge in [0.1, 0.15) is 6.73 Å². The number of H-pyrrole nitrogens is 2. The Hall–Kier alpha value is -1.89. The maximum Gasteiger partial charge on any atom is 0.327 e. The molecule has 2 aromatic heterocycles. The van der Waals surface area contributed by atoms with Crippen molar-refractivity contribution in [3.63, 3.8) is 0 Å². The van der Waals surface area contributed by atoms with Gasteiger partial charge >= 0.3 is 5.69 Å². The number of imidazole rings is 1. The minimum atomic E-state index is -0.561. The Kier molecular flexibility index (Phi) is 2.38. The third-order valence-electron chi connectivity index (χ3n) is 1.95. The van der Waals surface area contributed by atoms with E-state index in [4.69, 9.17) is 4.74 Å². The summed E-state index contributed by atoms with van der Waals surface area (Å²) in [6, 6.07) is 0. The normalized spacial score (nSPS) is 11.0. The van der Waals surface area contributed by atoms with Crippen LogP contribution < -0.4 is 11.2 Å². The molecule has 15 heavy (non-hydrogen) atoms. The van der Waals surface area contributed by atoms with E-state index in [2.05, 4.69) is 15.0 Å². The van der Waals surface area contributed by atoms with Crippen molar-refractivity contribution in [1.29, 1.82) is 0 Å². The van der Waals surface area contributed by atoms with Crippen LogP contribution in [0.5, 0.6) is 0 Å². The number of hydrogen-bond acceptors (Lipinski definition) is 4. The van der Waals surface area contributed by atoms with Crippen molar-refractivity contribution in [2.24, 2.45) is 0 Å². The number of aromatic nitrogens is 4. The minimum absolute atomic E-state index is 0.238. The predicted molar refractivity (Wildman–Crippen MR) is 52.6 cm³/mol. The number of aromatic amines is 2. The number of nitrogens with zero attached hydrogens (tertiary/aromatic N) is 2. The topological polar surface area (TPSA) is 92.8 Å². The molecule has 0 spiro atoms.